The number of ether oxygens (including phenoxy) is 1. The summed E-state index contributed by atoms with van der Waals surface area (Å²) >= 11 is 0. The molecule has 0 atom stereocenters. The van der Waals surface area contributed by atoms with Gasteiger partial charge in [-0.3, -0.25) is 0 Å². The van der Waals surface area contributed by atoms with E-state index in [4.69, 9.17) is 4.74 Å². The third kappa shape index (κ3) is 17.8. The van der Waals surface area contributed by atoms with Crippen molar-refractivity contribution in [1.82, 2.24) is 0 Å². The second-order valence-corrected chi connectivity index (χ2v) is 8.77. The first-order valence-corrected chi connectivity index (χ1v) is 13.0. The van der Waals surface area contributed by atoms with Crippen LogP contribution in [0.4, 0.5) is 0 Å². The molecule has 0 aromatic rings. The molecule has 0 bridgehead atoms. The maximum Gasteiger partial charge on any atom is 0.333 e. The Morgan fingerprint density at radius 2 is 1.00 bits per heavy atom. The molecular weight excluding hydrogens is 356 g/mol. The number of esters is 1. The highest BCUT2D eigenvalue weighted by atomic mass is 16.5. The average Bonchev–Trinajstić information content (AvgIpc) is 2.73. The predicted octanol–water partition coefficient (Wildman–Crippen LogP) is 9.32. The van der Waals surface area contributed by atoms with E-state index in [1.165, 1.54) is 108 Å². The molecule has 0 aromatic carbocycles. The number of carbonyl (C=O) groups is 1. The van der Waals surface area contributed by atoms with E-state index in [2.05, 4.69) is 20.8 Å². The van der Waals surface area contributed by atoms with Gasteiger partial charge >= 0.3 is 5.97 Å². The highest BCUT2D eigenvalue weighted by Crippen LogP contribution is 2.19. The van der Waals surface area contributed by atoms with Gasteiger partial charge in [0, 0.05) is 5.57 Å². The van der Waals surface area contributed by atoms with Crippen LogP contribution >= 0.6 is 0 Å². The largest absolute Gasteiger partial charge is 0.462 e. The lowest BCUT2D eigenvalue weighted by atomic mass is 9.99. The number of rotatable bonds is 21. The number of unbranched alkanes of at least 4 members (excludes halogenated alkanes) is 15. The molecule has 0 fully saturated rings. The summed E-state index contributed by atoms with van der Waals surface area (Å²) in [5.74, 6) is -0.0847. The second-order valence-electron chi connectivity index (χ2n) is 8.77. The Morgan fingerprint density at radius 3 is 1.45 bits per heavy atom. The van der Waals surface area contributed by atoms with Gasteiger partial charge < -0.3 is 4.74 Å². The lowest BCUT2D eigenvalue weighted by molar-refractivity contribution is -0.139. The van der Waals surface area contributed by atoms with Crippen LogP contribution in [0, 0.1) is 0 Å². The summed E-state index contributed by atoms with van der Waals surface area (Å²) < 4.78 is 5.50. The molecule has 172 valence electrons. The summed E-state index contributed by atoms with van der Waals surface area (Å²) in [6.07, 6.45) is 24.4. The average molecular weight is 409 g/mol. The van der Waals surface area contributed by atoms with Crippen LogP contribution in [0.15, 0.2) is 11.1 Å². The summed E-state index contributed by atoms with van der Waals surface area (Å²) in [6, 6.07) is 0. The first kappa shape index (κ1) is 28.2. The lowest BCUT2D eigenvalue weighted by Gasteiger charge is -2.11. The zero-order valence-corrected chi connectivity index (χ0v) is 20.5. The van der Waals surface area contributed by atoms with Crippen molar-refractivity contribution in [2.75, 3.05) is 6.61 Å². The Balaban J connectivity index is 3.78. The minimum atomic E-state index is -0.0847. The van der Waals surface area contributed by atoms with E-state index in [0.29, 0.717) is 6.61 Å². The van der Waals surface area contributed by atoms with Crippen LogP contribution in [0.5, 0.6) is 0 Å². The molecule has 0 aliphatic rings. The van der Waals surface area contributed by atoms with Gasteiger partial charge in [-0.25, -0.2) is 4.79 Å². The smallest absolute Gasteiger partial charge is 0.333 e. The molecule has 0 saturated heterocycles. The Kier molecular flexibility index (Phi) is 21.3. The second kappa shape index (κ2) is 21.9. The van der Waals surface area contributed by atoms with E-state index in [1.54, 1.807) is 0 Å². The maximum atomic E-state index is 12.3. The third-order valence-corrected chi connectivity index (χ3v) is 6.08. The normalized spacial score (nSPS) is 12.1. The first-order valence-electron chi connectivity index (χ1n) is 13.0. The summed E-state index contributed by atoms with van der Waals surface area (Å²) in [4.78, 5) is 12.3. The molecule has 0 saturated carbocycles. The van der Waals surface area contributed by atoms with Crippen LogP contribution in [-0.2, 0) is 9.53 Å². The van der Waals surface area contributed by atoms with E-state index >= 15 is 0 Å². The van der Waals surface area contributed by atoms with Crippen molar-refractivity contribution in [3.63, 3.8) is 0 Å². The summed E-state index contributed by atoms with van der Waals surface area (Å²) in [6.45, 7) is 9.22. The van der Waals surface area contributed by atoms with Gasteiger partial charge in [-0.15, -0.1) is 0 Å². The molecule has 0 amide bonds. The molecule has 2 nitrogen and oxygen atoms in total. The molecule has 0 spiro atoms. The summed E-state index contributed by atoms with van der Waals surface area (Å²) in [5, 5.41) is 0. The summed E-state index contributed by atoms with van der Waals surface area (Å²) in [7, 11) is 0. The van der Waals surface area contributed by atoms with Gasteiger partial charge in [0.1, 0.15) is 0 Å². The van der Waals surface area contributed by atoms with Crippen LogP contribution in [0.25, 0.3) is 0 Å². The molecule has 0 aliphatic carbocycles. The number of hydrogen-bond acceptors (Lipinski definition) is 2. The van der Waals surface area contributed by atoms with Gasteiger partial charge in [-0.05, 0) is 32.6 Å². The molecule has 0 heterocycles. The Hall–Kier alpha value is -0.790. The standard InChI is InChI=1S/C27H52O2/c1-5-8-10-12-14-15-16-17-18-19-21-23-26(7-3)25(4)27(28)29-24-22-20-13-11-9-6-2/h5-24H2,1-4H3. The fraction of sp³-hybridized carbons (Fsp3) is 0.889. The van der Waals surface area contributed by atoms with Gasteiger partial charge in [0.05, 0.1) is 6.61 Å². The van der Waals surface area contributed by atoms with Crippen molar-refractivity contribution >= 4 is 5.97 Å². The topological polar surface area (TPSA) is 26.3 Å². The van der Waals surface area contributed by atoms with Crippen LogP contribution in [-0.4, -0.2) is 12.6 Å². The molecule has 0 unspecified atom stereocenters. The first-order chi connectivity index (χ1) is 14.2. The molecular formula is C27H52O2. The quantitative estimate of drug-likeness (QED) is 0.107. The predicted molar refractivity (Wildman–Crippen MR) is 128 cm³/mol. The van der Waals surface area contributed by atoms with Gasteiger partial charge in [-0.1, -0.05) is 123 Å². The van der Waals surface area contributed by atoms with Crippen molar-refractivity contribution < 1.29 is 9.53 Å². The Morgan fingerprint density at radius 1 is 0.586 bits per heavy atom. The fourth-order valence-corrected chi connectivity index (χ4v) is 3.93. The van der Waals surface area contributed by atoms with Gasteiger partial charge in [0.2, 0.25) is 0 Å². The number of hydrogen-bond donors (Lipinski definition) is 0. The molecule has 29 heavy (non-hydrogen) atoms. The zero-order chi connectivity index (χ0) is 21.6. The van der Waals surface area contributed by atoms with Gasteiger partial charge in [0.15, 0.2) is 0 Å². The van der Waals surface area contributed by atoms with E-state index in [1.807, 2.05) is 6.92 Å². The minimum Gasteiger partial charge on any atom is -0.462 e. The molecule has 0 radical (unpaired) electrons. The Bertz CT molecular complexity index is 397. The van der Waals surface area contributed by atoms with Crippen molar-refractivity contribution in [2.45, 2.75) is 150 Å². The Labute approximate surface area is 183 Å². The molecule has 0 rings (SSSR count). The summed E-state index contributed by atoms with van der Waals surface area (Å²) in [5.41, 5.74) is 2.17. The van der Waals surface area contributed by atoms with E-state index < -0.39 is 0 Å². The van der Waals surface area contributed by atoms with Crippen LogP contribution in [0.3, 0.4) is 0 Å². The highest BCUT2D eigenvalue weighted by molar-refractivity contribution is 5.88. The number of allylic oxidation sites excluding steroid dienone is 1. The van der Waals surface area contributed by atoms with Crippen LogP contribution in [0.1, 0.15) is 150 Å². The maximum absolute atomic E-state index is 12.3. The van der Waals surface area contributed by atoms with E-state index in [9.17, 15) is 4.79 Å². The zero-order valence-electron chi connectivity index (χ0n) is 20.5. The van der Waals surface area contributed by atoms with Crippen LogP contribution in [0.2, 0.25) is 0 Å². The SMILES string of the molecule is CCCCCCCCCCCCCC(CC)=C(C)C(=O)OCCCCCCCC. The van der Waals surface area contributed by atoms with Crippen molar-refractivity contribution in [2.24, 2.45) is 0 Å². The monoisotopic (exact) mass is 408 g/mol. The molecule has 0 N–H and O–H groups in total. The third-order valence-electron chi connectivity index (χ3n) is 6.08. The molecule has 0 aliphatic heterocycles. The van der Waals surface area contributed by atoms with Gasteiger partial charge in [-0.2, -0.15) is 0 Å². The highest BCUT2D eigenvalue weighted by Gasteiger charge is 2.11. The van der Waals surface area contributed by atoms with E-state index in [0.717, 1.165) is 24.8 Å². The fourth-order valence-electron chi connectivity index (χ4n) is 3.93. The molecule has 2 heteroatoms. The van der Waals surface area contributed by atoms with E-state index in [-0.39, 0.29) is 5.97 Å². The van der Waals surface area contributed by atoms with Crippen LogP contribution < -0.4 is 0 Å². The molecule has 0 aromatic heterocycles. The van der Waals surface area contributed by atoms with Gasteiger partial charge in [0.25, 0.3) is 0 Å². The van der Waals surface area contributed by atoms with Crippen molar-refractivity contribution in [3.8, 4) is 0 Å². The number of carbonyl (C=O) groups excluding carboxylic acids is 1. The lowest BCUT2D eigenvalue weighted by Crippen LogP contribution is -2.09. The van der Waals surface area contributed by atoms with Crippen molar-refractivity contribution in [3.05, 3.63) is 11.1 Å². The van der Waals surface area contributed by atoms with Crippen molar-refractivity contribution in [1.29, 1.82) is 0 Å². The minimum absolute atomic E-state index is 0.0847.